The first-order valence-electron chi connectivity index (χ1n) is 37.7. The summed E-state index contributed by atoms with van der Waals surface area (Å²) in [4.78, 5) is 11.9. The summed E-state index contributed by atoms with van der Waals surface area (Å²) >= 11 is 0. The molecule has 0 atom stereocenters. The van der Waals surface area contributed by atoms with E-state index < -0.39 is 33.6 Å². The van der Waals surface area contributed by atoms with Crippen molar-refractivity contribution in [2.24, 2.45) is 0 Å². The summed E-state index contributed by atoms with van der Waals surface area (Å²) in [6.07, 6.45) is 0. The summed E-state index contributed by atoms with van der Waals surface area (Å²) in [5, 5.41) is 75.3. The average Bonchev–Trinajstić information content (AvgIpc) is 1.63. The molecule has 0 heterocycles. The van der Waals surface area contributed by atoms with E-state index in [1.165, 1.54) is 5.56 Å². The molecular formula is C104H82O7Y2. The number of carbonyl (C=O) groups excluding carboxylic acids is 1. The van der Waals surface area contributed by atoms with E-state index in [9.17, 15) is 35.4 Å². The molecule has 0 radical (unpaired) electrons. The molecule has 7 aliphatic carbocycles. The van der Waals surface area contributed by atoms with Gasteiger partial charge in [0.05, 0.1) is 0 Å². The van der Waals surface area contributed by atoms with Crippen molar-refractivity contribution in [2.45, 2.75) is 82.1 Å². The molecule has 546 valence electrons. The zero-order valence-electron chi connectivity index (χ0n) is 64.2. The first-order valence-corrected chi connectivity index (χ1v) is 37.7. The van der Waals surface area contributed by atoms with Crippen molar-refractivity contribution < 1.29 is 101 Å². The minimum atomic E-state index is -1.09. The Hall–Kier alpha value is -10.1. The molecule has 0 spiro atoms. The molecule has 0 amide bonds. The molecule has 0 fully saturated rings. The molecule has 15 aromatic carbocycles. The monoisotopic (exact) mass is 1620 g/mol. The third-order valence-corrected chi connectivity index (χ3v) is 22.6. The molecule has 15 aromatic rings. The summed E-state index contributed by atoms with van der Waals surface area (Å²) in [6.45, 7) is 12.6. The second kappa shape index (κ2) is 33.2. The first kappa shape index (κ1) is 81.0. The number of fused-ring (bicyclic) bond motifs is 21. The van der Waals surface area contributed by atoms with Gasteiger partial charge in [-0.05, 0) is 152 Å². The van der Waals surface area contributed by atoms with Crippen LogP contribution in [0.15, 0.2) is 370 Å². The summed E-state index contributed by atoms with van der Waals surface area (Å²) < 4.78 is 0. The second-order valence-electron chi connectivity index (χ2n) is 29.8. The van der Waals surface area contributed by atoms with Crippen LogP contribution in [-0.2, 0) is 99.0 Å². The third-order valence-electron chi connectivity index (χ3n) is 22.6. The Morgan fingerprint density at radius 2 is 0.265 bits per heavy atom. The molecule has 0 N–H and O–H groups in total. The van der Waals surface area contributed by atoms with Gasteiger partial charge in [0, 0.05) is 11.1 Å². The molecule has 0 aromatic heterocycles. The van der Waals surface area contributed by atoms with Crippen LogP contribution in [0.4, 0.5) is 0 Å². The Kier molecular flexibility index (Phi) is 23.8. The van der Waals surface area contributed by atoms with E-state index in [1.54, 1.807) is 41.5 Å². The maximum Gasteiger partial charge on any atom is 3.00 e. The third kappa shape index (κ3) is 15.1. The molecule has 22 rings (SSSR count). The van der Waals surface area contributed by atoms with E-state index >= 15 is 0 Å². The van der Waals surface area contributed by atoms with Crippen molar-refractivity contribution in [3.8, 4) is 77.9 Å². The Labute approximate surface area is 713 Å². The predicted molar refractivity (Wildman–Crippen MR) is 436 cm³/mol. The largest absolute Gasteiger partial charge is 3.00 e. The summed E-state index contributed by atoms with van der Waals surface area (Å²) in [5.74, 6) is 0.149. The van der Waals surface area contributed by atoms with Gasteiger partial charge in [-0.25, -0.2) is 0 Å². The van der Waals surface area contributed by atoms with Gasteiger partial charge in [-0.3, -0.25) is 4.79 Å². The van der Waals surface area contributed by atoms with Crippen LogP contribution in [0.25, 0.3) is 77.9 Å². The number of carbonyl (C=O) groups is 1. The maximum atomic E-state index is 12.5. The van der Waals surface area contributed by atoms with Gasteiger partial charge in [-0.2, -0.15) is 0 Å². The van der Waals surface area contributed by atoms with E-state index in [0.717, 1.165) is 156 Å². The van der Waals surface area contributed by atoms with E-state index in [2.05, 4.69) is 19.1 Å². The maximum absolute atomic E-state index is 12.5. The minimum absolute atomic E-state index is 0. The van der Waals surface area contributed by atoms with Crippen molar-refractivity contribution in [1.29, 1.82) is 0 Å². The molecule has 7 nitrogen and oxygen atoms in total. The fourth-order valence-electron chi connectivity index (χ4n) is 17.0. The number of ketones is 1. The zero-order chi connectivity index (χ0) is 77.5. The van der Waals surface area contributed by atoms with Gasteiger partial charge in [0.2, 0.25) is 0 Å². The SMILES string of the molecule is CC1([O-])c2ccccc2-c2ccccc21.CC1([O-])c2ccccc2-c2ccccc21.CC1([O-])c2ccccc2-c2ccccc21.CC1([O-])c2ccccc2-c2ccccc21.CC1([O-])c2ccccc2-c2ccccc21.CC1([O-])c2ccccc2-c2ccccc21.Cc1ccccc1.O=C1c2ccccc2-c2ccccc21.[Y+3].[Y+3]. The minimum Gasteiger partial charge on any atom is -0.843 e. The first-order chi connectivity index (χ1) is 53.5. The van der Waals surface area contributed by atoms with Crippen LogP contribution in [0.5, 0.6) is 0 Å². The van der Waals surface area contributed by atoms with E-state index in [0.29, 0.717) is 0 Å². The van der Waals surface area contributed by atoms with E-state index in [-0.39, 0.29) is 71.2 Å². The fourth-order valence-corrected chi connectivity index (χ4v) is 17.0. The molecule has 7 aliphatic rings. The Morgan fingerprint density at radius 1 is 0.159 bits per heavy atom. The smallest absolute Gasteiger partial charge is 0.843 e. The van der Waals surface area contributed by atoms with Gasteiger partial charge < -0.3 is 30.6 Å². The summed E-state index contributed by atoms with van der Waals surface area (Å²) in [5.41, 5.74) is 22.4. The molecule has 0 aliphatic heterocycles. The van der Waals surface area contributed by atoms with Crippen molar-refractivity contribution in [2.75, 3.05) is 0 Å². The molecule has 0 saturated heterocycles. The van der Waals surface area contributed by atoms with Crippen LogP contribution in [0.1, 0.15) is 130 Å². The van der Waals surface area contributed by atoms with Gasteiger partial charge in [0.15, 0.2) is 5.78 Å². The van der Waals surface area contributed by atoms with Crippen LogP contribution in [-0.4, -0.2) is 5.78 Å². The number of benzene rings is 15. The number of hydrogen-bond donors (Lipinski definition) is 0. The standard InChI is InChI=1S/6C14H11O.C13H8O.C7H8.2Y/c6*1-14(15)12-8-4-2-6-10(12)11-7-3-5-9-13(11)14;14-13-11-7-3-1-5-9(11)10-6-2-4-8-12(10)13;1-7-5-3-2-4-6-7;;/h6*2-9H,1H3;1-8H;2-6H,1H3;;/q6*-1;;;2*+3. The molecule has 0 unspecified atom stereocenters. The van der Waals surface area contributed by atoms with E-state index in [4.69, 9.17) is 0 Å². The van der Waals surface area contributed by atoms with Crippen LogP contribution in [0.2, 0.25) is 0 Å². The quantitative estimate of drug-likeness (QED) is 0.146. The predicted octanol–water partition coefficient (Wildman–Crippen LogP) is 18.6. The molecular weight excluding hydrogens is 1540 g/mol. The van der Waals surface area contributed by atoms with Crippen LogP contribution in [0, 0.1) is 6.92 Å². The number of hydrogen-bond acceptors (Lipinski definition) is 7. The Bertz CT molecular complexity index is 4890. The van der Waals surface area contributed by atoms with Crippen molar-refractivity contribution >= 4 is 5.78 Å². The zero-order valence-corrected chi connectivity index (χ0v) is 69.9. The average molecular weight is 1620 g/mol. The van der Waals surface area contributed by atoms with Crippen LogP contribution < -0.4 is 30.6 Å². The van der Waals surface area contributed by atoms with Gasteiger partial charge in [0.25, 0.3) is 0 Å². The van der Waals surface area contributed by atoms with Crippen LogP contribution >= 0.6 is 0 Å². The second-order valence-corrected chi connectivity index (χ2v) is 29.8. The molecule has 9 heteroatoms. The van der Waals surface area contributed by atoms with Gasteiger partial charge in [-0.15, -0.1) is 0 Å². The molecule has 113 heavy (non-hydrogen) atoms. The normalized spacial score (nSPS) is 14.7. The van der Waals surface area contributed by atoms with Gasteiger partial charge in [-0.1, -0.05) is 451 Å². The van der Waals surface area contributed by atoms with Gasteiger partial charge >= 0.3 is 65.4 Å². The van der Waals surface area contributed by atoms with Crippen molar-refractivity contribution in [1.82, 2.24) is 0 Å². The van der Waals surface area contributed by atoms with Gasteiger partial charge in [0.1, 0.15) is 0 Å². The Morgan fingerprint density at radius 3 is 0.389 bits per heavy atom. The Balaban J connectivity index is 0.000000113. The number of rotatable bonds is 0. The van der Waals surface area contributed by atoms with Crippen LogP contribution in [0.3, 0.4) is 0 Å². The molecule has 0 saturated carbocycles. The summed E-state index contributed by atoms with van der Waals surface area (Å²) in [7, 11) is 0. The van der Waals surface area contributed by atoms with E-state index in [1.807, 2.05) is 358 Å². The van der Waals surface area contributed by atoms with Crippen molar-refractivity contribution in [3.63, 3.8) is 0 Å². The number of aryl methyl sites for hydroxylation is 1. The van der Waals surface area contributed by atoms with Crippen molar-refractivity contribution in [3.05, 3.63) is 454 Å². The summed E-state index contributed by atoms with van der Waals surface area (Å²) in [6, 6.07) is 120. The fraction of sp³-hybridized carbons (Fsp3) is 0.125. The molecule has 0 bridgehead atoms. The topological polar surface area (TPSA) is 155 Å².